The summed E-state index contributed by atoms with van der Waals surface area (Å²) in [5.74, 6) is 5.82. The number of rotatable bonds is 4. The summed E-state index contributed by atoms with van der Waals surface area (Å²) in [4.78, 5) is 7.96. The Labute approximate surface area is 119 Å². The van der Waals surface area contributed by atoms with Gasteiger partial charge in [0.2, 0.25) is 5.95 Å². The van der Waals surface area contributed by atoms with Crippen LogP contribution in [0.1, 0.15) is 16.7 Å². The minimum absolute atomic E-state index is 0.00243. The second-order valence-electron chi connectivity index (χ2n) is 4.38. The van der Waals surface area contributed by atoms with Gasteiger partial charge in [0.15, 0.2) is 0 Å². The van der Waals surface area contributed by atoms with Crippen molar-refractivity contribution < 1.29 is 13.2 Å². The molecule has 21 heavy (non-hydrogen) atoms. The molecule has 2 rings (SSSR count). The fourth-order valence-electron chi connectivity index (χ4n) is 1.82. The van der Waals surface area contributed by atoms with E-state index in [1.54, 1.807) is 13.0 Å². The number of anilines is 2. The number of aryl methyl sites for hydroxylation is 1. The standard InChI is InChI=1S/C13H14F3N5/c1-8-6-19-12(21-17)20-11(8)18-7-9-4-2-3-5-10(9)13(14,15)16/h2-6H,7,17H2,1H3,(H2,18,19,20,21). The van der Waals surface area contributed by atoms with E-state index in [1.165, 1.54) is 18.3 Å². The molecule has 8 heteroatoms. The van der Waals surface area contributed by atoms with Crippen molar-refractivity contribution >= 4 is 11.8 Å². The Morgan fingerprint density at radius 1 is 1.24 bits per heavy atom. The third-order valence-electron chi connectivity index (χ3n) is 2.87. The zero-order valence-corrected chi connectivity index (χ0v) is 11.2. The van der Waals surface area contributed by atoms with Gasteiger partial charge in [0.1, 0.15) is 5.82 Å². The number of hydrogen-bond acceptors (Lipinski definition) is 5. The molecule has 0 saturated heterocycles. The van der Waals surface area contributed by atoms with Gasteiger partial charge in [0, 0.05) is 18.3 Å². The summed E-state index contributed by atoms with van der Waals surface area (Å²) < 4.78 is 38.7. The lowest BCUT2D eigenvalue weighted by Crippen LogP contribution is -2.14. The summed E-state index contributed by atoms with van der Waals surface area (Å²) in [6.07, 6.45) is -2.86. The van der Waals surface area contributed by atoms with Crippen LogP contribution in [0.5, 0.6) is 0 Å². The summed E-state index contributed by atoms with van der Waals surface area (Å²) in [6, 6.07) is 5.40. The van der Waals surface area contributed by atoms with E-state index in [2.05, 4.69) is 20.7 Å². The van der Waals surface area contributed by atoms with Crippen LogP contribution < -0.4 is 16.6 Å². The molecule has 0 spiro atoms. The molecule has 0 fully saturated rings. The Morgan fingerprint density at radius 2 is 1.95 bits per heavy atom. The number of aromatic nitrogens is 2. The molecule has 1 heterocycles. The van der Waals surface area contributed by atoms with Gasteiger partial charge >= 0.3 is 6.18 Å². The first-order valence-electron chi connectivity index (χ1n) is 6.11. The van der Waals surface area contributed by atoms with Crippen molar-refractivity contribution in [3.8, 4) is 0 Å². The second-order valence-corrected chi connectivity index (χ2v) is 4.38. The normalized spacial score (nSPS) is 11.3. The summed E-state index contributed by atoms with van der Waals surface area (Å²) in [5, 5.41) is 2.87. The molecule has 1 aromatic carbocycles. The van der Waals surface area contributed by atoms with E-state index in [4.69, 9.17) is 5.84 Å². The molecule has 5 nitrogen and oxygen atoms in total. The number of nitrogens with one attached hydrogen (secondary N) is 2. The average molecular weight is 297 g/mol. The Hall–Kier alpha value is -2.35. The monoisotopic (exact) mass is 297 g/mol. The van der Waals surface area contributed by atoms with Crippen LogP contribution >= 0.6 is 0 Å². The molecule has 0 aliphatic rings. The molecular weight excluding hydrogens is 283 g/mol. The number of benzene rings is 1. The summed E-state index contributed by atoms with van der Waals surface area (Å²) in [6.45, 7) is 1.75. The maximum Gasteiger partial charge on any atom is 0.416 e. The maximum atomic E-state index is 12.9. The quantitative estimate of drug-likeness (QED) is 0.597. The van der Waals surface area contributed by atoms with E-state index >= 15 is 0 Å². The largest absolute Gasteiger partial charge is 0.416 e. The molecule has 4 N–H and O–H groups in total. The van der Waals surface area contributed by atoms with Gasteiger partial charge < -0.3 is 5.32 Å². The highest BCUT2D eigenvalue weighted by molar-refractivity contribution is 5.47. The first kappa shape index (κ1) is 15.0. The van der Waals surface area contributed by atoms with Crippen LogP contribution in [0.15, 0.2) is 30.5 Å². The Balaban J connectivity index is 2.21. The van der Waals surface area contributed by atoms with Gasteiger partial charge in [0.25, 0.3) is 0 Å². The minimum Gasteiger partial charge on any atom is -0.366 e. The van der Waals surface area contributed by atoms with Crippen molar-refractivity contribution in [2.75, 3.05) is 10.7 Å². The van der Waals surface area contributed by atoms with Gasteiger partial charge in [-0.1, -0.05) is 18.2 Å². The van der Waals surface area contributed by atoms with Crippen LogP contribution in [0.4, 0.5) is 24.9 Å². The fourth-order valence-corrected chi connectivity index (χ4v) is 1.82. The Morgan fingerprint density at radius 3 is 2.62 bits per heavy atom. The van der Waals surface area contributed by atoms with Crippen LogP contribution in [0, 0.1) is 6.92 Å². The highest BCUT2D eigenvalue weighted by Crippen LogP contribution is 2.32. The van der Waals surface area contributed by atoms with Gasteiger partial charge in [-0.05, 0) is 18.6 Å². The molecule has 0 radical (unpaired) electrons. The predicted molar refractivity (Wildman–Crippen MR) is 73.3 cm³/mol. The van der Waals surface area contributed by atoms with Gasteiger partial charge in [-0.15, -0.1) is 0 Å². The summed E-state index contributed by atoms with van der Waals surface area (Å²) >= 11 is 0. The maximum absolute atomic E-state index is 12.9. The van der Waals surface area contributed by atoms with Gasteiger partial charge in [0.05, 0.1) is 5.56 Å². The molecule has 0 aliphatic carbocycles. The number of nitrogen functional groups attached to an aromatic ring is 1. The first-order valence-corrected chi connectivity index (χ1v) is 6.11. The zero-order valence-electron chi connectivity index (χ0n) is 11.2. The molecule has 0 unspecified atom stereocenters. The SMILES string of the molecule is Cc1cnc(NN)nc1NCc1ccccc1C(F)(F)F. The van der Waals surface area contributed by atoms with E-state index in [0.717, 1.165) is 6.07 Å². The van der Waals surface area contributed by atoms with Crippen molar-refractivity contribution in [1.82, 2.24) is 9.97 Å². The van der Waals surface area contributed by atoms with Gasteiger partial charge in [-0.2, -0.15) is 18.2 Å². The van der Waals surface area contributed by atoms with Crippen LogP contribution in [0.25, 0.3) is 0 Å². The number of halogens is 3. The number of alkyl halides is 3. The summed E-state index contributed by atoms with van der Waals surface area (Å²) in [7, 11) is 0. The number of hydrogen-bond donors (Lipinski definition) is 3. The lowest BCUT2D eigenvalue weighted by molar-refractivity contribution is -0.138. The van der Waals surface area contributed by atoms with Gasteiger partial charge in [-0.3, -0.25) is 5.43 Å². The van der Waals surface area contributed by atoms with Crippen molar-refractivity contribution in [1.29, 1.82) is 0 Å². The van der Waals surface area contributed by atoms with E-state index in [1.807, 2.05) is 0 Å². The van der Waals surface area contributed by atoms with Crippen LogP contribution in [0.3, 0.4) is 0 Å². The van der Waals surface area contributed by atoms with Crippen LogP contribution in [-0.4, -0.2) is 9.97 Å². The minimum atomic E-state index is -4.39. The third-order valence-corrected chi connectivity index (χ3v) is 2.87. The molecule has 0 amide bonds. The third kappa shape index (κ3) is 3.60. The zero-order chi connectivity index (χ0) is 15.5. The lowest BCUT2D eigenvalue weighted by Gasteiger charge is -2.14. The topological polar surface area (TPSA) is 75.9 Å². The summed E-state index contributed by atoms with van der Waals surface area (Å²) in [5.41, 5.74) is 2.47. The molecule has 112 valence electrons. The number of nitrogens with zero attached hydrogens (tertiary/aromatic N) is 2. The fraction of sp³-hybridized carbons (Fsp3) is 0.231. The van der Waals surface area contributed by atoms with E-state index < -0.39 is 11.7 Å². The molecule has 0 saturated carbocycles. The predicted octanol–water partition coefficient (Wildman–Crippen LogP) is 2.70. The van der Waals surface area contributed by atoms with Crippen LogP contribution in [-0.2, 0) is 12.7 Å². The van der Waals surface area contributed by atoms with Crippen molar-refractivity contribution in [2.24, 2.45) is 5.84 Å². The molecule has 2 aromatic rings. The average Bonchev–Trinajstić information content (AvgIpc) is 2.46. The number of hydrazine groups is 1. The van der Waals surface area contributed by atoms with E-state index in [-0.39, 0.29) is 18.1 Å². The molecule has 1 aromatic heterocycles. The highest BCUT2D eigenvalue weighted by atomic mass is 19.4. The van der Waals surface area contributed by atoms with Crippen molar-refractivity contribution in [3.63, 3.8) is 0 Å². The lowest BCUT2D eigenvalue weighted by atomic mass is 10.1. The van der Waals surface area contributed by atoms with E-state index in [0.29, 0.717) is 11.4 Å². The van der Waals surface area contributed by atoms with Crippen LogP contribution in [0.2, 0.25) is 0 Å². The van der Waals surface area contributed by atoms with Gasteiger partial charge in [-0.25, -0.2) is 10.8 Å². The molecule has 0 atom stereocenters. The Kier molecular flexibility index (Phi) is 4.27. The molecule has 0 aliphatic heterocycles. The van der Waals surface area contributed by atoms with Crippen molar-refractivity contribution in [3.05, 3.63) is 47.2 Å². The first-order chi connectivity index (χ1) is 9.91. The highest BCUT2D eigenvalue weighted by Gasteiger charge is 2.32. The van der Waals surface area contributed by atoms with E-state index in [9.17, 15) is 13.2 Å². The molecule has 0 bridgehead atoms. The van der Waals surface area contributed by atoms with Crippen molar-refractivity contribution in [2.45, 2.75) is 19.6 Å². The molecular formula is C13H14F3N5. The number of nitrogens with two attached hydrogens (primary N) is 1. The Bertz CT molecular complexity index is 627. The smallest absolute Gasteiger partial charge is 0.366 e. The second kappa shape index (κ2) is 5.96.